The third-order valence-corrected chi connectivity index (χ3v) is 6.38. The Bertz CT molecular complexity index is 984. The first-order valence-electron chi connectivity index (χ1n) is 9.57. The molecule has 0 saturated carbocycles. The van der Waals surface area contributed by atoms with E-state index >= 15 is 0 Å². The average Bonchev–Trinajstić information content (AvgIpc) is 3.07. The van der Waals surface area contributed by atoms with Crippen molar-refractivity contribution < 1.29 is 19.2 Å². The molecule has 168 valence electrons. The Labute approximate surface area is 195 Å². The fraction of sp³-hybridized carbons (Fsp3) is 0.450. The van der Waals surface area contributed by atoms with Crippen LogP contribution in [0.1, 0.15) is 31.2 Å². The van der Waals surface area contributed by atoms with Gasteiger partial charge in [0.25, 0.3) is 0 Å². The third kappa shape index (κ3) is 4.65. The molecule has 0 bridgehead atoms. The van der Waals surface area contributed by atoms with E-state index < -0.39 is 23.6 Å². The van der Waals surface area contributed by atoms with Gasteiger partial charge in [0.2, 0.25) is 5.91 Å². The summed E-state index contributed by atoms with van der Waals surface area (Å²) in [6, 6.07) is 5.61. The summed E-state index contributed by atoms with van der Waals surface area (Å²) in [6.45, 7) is 5.38. The molecule has 1 aliphatic heterocycles. The van der Waals surface area contributed by atoms with Crippen LogP contribution in [0.15, 0.2) is 28.8 Å². The Balaban J connectivity index is 2.07. The first-order valence-corrected chi connectivity index (χ1v) is 10.7. The van der Waals surface area contributed by atoms with Gasteiger partial charge in [-0.3, -0.25) is 4.79 Å². The summed E-state index contributed by atoms with van der Waals surface area (Å²) >= 11 is 18.2. The second-order valence-corrected chi connectivity index (χ2v) is 8.80. The molecule has 1 aromatic heterocycles. The van der Waals surface area contributed by atoms with E-state index in [4.69, 9.17) is 44.7 Å². The summed E-state index contributed by atoms with van der Waals surface area (Å²) in [5.41, 5.74) is -1.16. The number of hydrogen-bond acceptors (Lipinski definition) is 6. The molecule has 1 aliphatic rings. The van der Waals surface area contributed by atoms with Gasteiger partial charge in [-0.1, -0.05) is 40.5 Å². The Morgan fingerprint density at radius 1 is 1.52 bits per heavy atom. The normalized spacial score (nSPS) is 24.6. The summed E-state index contributed by atoms with van der Waals surface area (Å²) in [7, 11) is 1.55. The van der Waals surface area contributed by atoms with Gasteiger partial charge >= 0.3 is 0 Å². The lowest BCUT2D eigenvalue weighted by molar-refractivity contribution is -0.159. The highest BCUT2D eigenvalue weighted by molar-refractivity contribution is 7.80. The molecule has 3 N–H and O–H groups in total. The predicted molar refractivity (Wildman–Crippen MR) is 122 cm³/mol. The summed E-state index contributed by atoms with van der Waals surface area (Å²) < 4.78 is 10.3. The molecular weight excluding hydrogens is 463 g/mol. The molecule has 2 heterocycles. The van der Waals surface area contributed by atoms with Crippen LogP contribution < -0.4 is 10.6 Å². The smallest absolute Gasteiger partial charge is 0.236 e. The number of carbonyl (C=O) groups is 1. The number of methoxy groups -OCH3 is 1. The fourth-order valence-electron chi connectivity index (χ4n) is 3.97. The molecule has 1 aromatic carbocycles. The van der Waals surface area contributed by atoms with E-state index in [1.807, 2.05) is 6.92 Å². The largest absolute Gasteiger partial charge is 0.383 e. The van der Waals surface area contributed by atoms with Gasteiger partial charge in [0.15, 0.2) is 16.7 Å². The molecule has 0 unspecified atom stereocenters. The number of thiocarbonyl (C=S) groups is 1. The summed E-state index contributed by atoms with van der Waals surface area (Å²) in [5.74, 6) is -0.774. The topological polar surface area (TPSA) is 99.9 Å². The van der Waals surface area contributed by atoms with Gasteiger partial charge in [-0.25, -0.2) is 0 Å². The van der Waals surface area contributed by atoms with Crippen LogP contribution in [0.25, 0.3) is 0 Å². The van der Waals surface area contributed by atoms with Crippen LogP contribution in [0.2, 0.25) is 10.0 Å². The molecule has 0 radical (unpaired) electrons. The second kappa shape index (κ2) is 9.30. The van der Waals surface area contributed by atoms with Crippen LogP contribution in [0.3, 0.4) is 0 Å². The number of hydrogen-bond donors (Lipinski definition) is 3. The number of halogens is 2. The number of carbonyl (C=O) groups excluding carboxylic acids is 1. The van der Waals surface area contributed by atoms with Gasteiger partial charge in [-0.2, -0.15) is 0 Å². The predicted octanol–water partition coefficient (Wildman–Crippen LogP) is 3.52. The standard InChI is InChI=1S/C20H24Cl2N4O4S/c1-10(9-29-4)26-19(31)24-17(12-6-5-7-13(21)16(12)22)15(20(26,3)28)18(27)23-14-8-11(2)30-25-14/h5-8,10,15,17,28H,9H2,1-4H3,(H,24,31)(H,23,25,27)/t10-,15+,17+,20+/m0/s1. The van der Waals surface area contributed by atoms with Gasteiger partial charge in [0, 0.05) is 13.2 Å². The molecule has 31 heavy (non-hydrogen) atoms. The van der Waals surface area contributed by atoms with E-state index in [9.17, 15) is 9.90 Å². The van der Waals surface area contributed by atoms with E-state index in [1.165, 1.54) is 6.92 Å². The zero-order valence-electron chi connectivity index (χ0n) is 17.5. The Morgan fingerprint density at radius 2 is 2.23 bits per heavy atom. The number of nitrogens with one attached hydrogen (secondary N) is 2. The zero-order valence-corrected chi connectivity index (χ0v) is 19.8. The SMILES string of the molecule is COC[C@H](C)N1C(=S)N[C@H](c2cccc(Cl)c2Cl)[C@H](C(=O)Nc2cc(C)on2)[C@@]1(C)O. The van der Waals surface area contributed by atoms with Crippen molar-refractivity contribution >= 4 is 52.3 Å². The second-order valence-electron chi connectivity index (χ2n) is 7.63. The first kappa shape index (κ1) is 23.7. The Morgan fingerprint density at radius 3 is 2.84 bits per heavy atom. The lowest BCUT2D eigenvalue weighted by Gasteiger charge is -2.53. The number of aliphatic hydroxyl groups is 1. The highest BCUT2D eigenvalue weighted by atomic mass is 35.5. The maximum atomic E-state index is 13.4. The zero-order chi connectivity index (χ0) is 22.9. The number of aryl methyl sites for hydroxylation is 1. The number of amides is 1. The summed E-state index contributed by atoms with van der Waals surface area (Å²) in [6.07, 6.45) is 0. The van der Waals surface area contributed by atoms with E-state index in [-0.39, 0.29) is 28.6 Å². The molecule has 11 heteroatoms. The van der Waals surface area contributed by atoms with Crippen molar-refractivity contribution in [3.05, 3.63) is 45.6 Å². The molecule has 8 nitrogen and oxygen atoms in total. The van der Waals surface area contributed by atoms with Crippen LogP contribution in [-0.2, 0) is 9.53 Å². The molecule has 0 spiro atoms. The van der Waals surface area contributed by atoms with Crippen molar-refractivity contribution in [1.29, 1.82) is 0 Å². The van der Waals surface area contributed by atoms with Gasteiger partial charge < -0.3 is 29.9 Å². The highest BCUT2D eigenvalue weighted by Crippen LogP contribution is 2.42. The molecule has 4 atom stereocenters. The number of ether oxygens (including phenoxy) is 1. The molecule has 1 fully saturated rings. The van der Waals surface area contributed by atoms with Crippen LogP contribution >= 0.6 is 35.4 Å². The maximum Gasteiger partial charge on any atom is 0.236 e. The van der Waals surface area contributed by atoms with Crippen molar-refractivity contribution in [2.45, 2.75) is 38.6 Å². The Kier molecular flexibility index (Phi) is 7.12. The van der Waals surface area contributed by atoms with Crippen molar-refractivity contribution in [3.63, 3.8) is 0 Å². The minimum atomic E-state index is -1.69. The maximum absolute atomic E-state index is 13.4. The molecule has 0 aliphatic carbocycles. The number of benzene rings is 1. The summed E-state index contributed by atoms with van der Waals surface area (Å²) in [5, 5.41) is 22.2. The lowest BCUT2D eigenvalue weighted by Crippen LogP contribution is -2.70. The number of anilines is 1. The number of aromatic nitrogens is 1. The first-order chi connectivity index (χ1) is 14.6. The van der Waals surface area contributed by atoms with Crippen molar-refractivity contribution in [3.8, 4) is 0 Å². The number of rotatable bonds is 6. The quantitative estimate of drug-likeness (QED) is 0.533. The van der Waals surface area contributed by atoms with Crippen LogP contribution in [0.5, 0.6) is 0 Å². The van der Waals surface area contributed by atoms with Gasteiger partial charge in [0.1, 0.15) is 11.7 Å². The molecule has 3 rings (SSSR count). The minimum Gasteiger partial charge on any atom is -0.383 e. The molecule has 1 saturated heterocycles. The Hall–Kier alpha value is -1.91. The lowest BCUT2D eigenvalue weighted by atomic mass is 9.81. The van der Waals surface area contributed by atoms with E-state index in [1.54, 1.807) is 43.2 Å². The van der Waals surface area contributed by atoms with Gasteiger partial charge in [-0.15, -0.1) is 0 Å². The monoisotopic (exact) mass is 486 g/mol. The van der Waals surface area contributed by atoms with Crippen LogP contribution in [0.4, 0.5) is 5.82 Å². The fourth-order valence-corrected chi connectivity index (χ4v) is 4.88. The van der Waals surface area contributed by atoms with Gasteiger partial charge in [-0.05, 0) is 44.6 Å². The average molecular weight is 487 g/mol. The van der Waals surface area contributed by atoms with Crippen molar-refractivity contribution in [2.24, 2.45) is 5.92 Å². The van der Waals surface area contributed by atoms with E-state index in [2.05, 4.69) is 15.8 Å². The third-order valence-electron chi connectivity index (χ3n) is 5.23. The van der Waals surface area contributed by atoms with E-state index in [0.29, 0.717) is 16.3 Å². The van der Waals surface area contributed by atoms with E-state index in [0.717, 1.165) is 0 Å². The van der Waals surface area contributed by atoms with Gasteiger partial charge in [0.05, 0.1) is 28.7 Å². The van der Waals surface area contributed by atoms with Crippen LogP contribution in [-0.4, -0.2) is 51.7 Å². The van der Waals surface area contributed by atoms with Crippen molar-refractivity contribution in [1.82, 2.24) is 15.4 Å². The molecule has 2 aromatic rings. The summed E-state index contributed by atoms with van der Waals surface area (Å²) in [4.78, 5) is 15.0. The highest BCUT2D eigenvalue weighted by Gasteiger charge is 2.54. The van der Waals surface area contributed by atoms with Crippen LogP contribution in [0, 0.1) is 12.8 Å². The molecular formula is C20H24Cl2N4O4S. The number of nitrogens with zero attached hydrogens (tertiary/aromatic N) is 2. The van der Waals surface area contributed by atoms with Crippen molar-refractivity contribution in [2.75, 3.05) is 19.0 Å². The molecule has 1 amide bonds. The minimum absolute atomic E-state index is 0.235.